The Morgan fingerprint density at radius 2 is 2.11 bits per heavy atom. The third-order valence-corrected chi connectivity index (χ3v) is 4.89. The average Bonchev–Trinajstić information content (AvgIpc) is 3.18. The summed E-state index contributed by atoms with van der Waals surface area (Å²) in [5.74, 6) is 0.0462. The number of amides is 2. The lowest BCUT2D eigenvalue weighted by Crippen LogP contribution is -2.32. The van der Waals surface area contributed by atoms with E-state index in [1.807, 2.05) is 17.8 Å². The van der Waals surface area contributed by atoms with Gasteiger partial charge in [-0.2, -0.15) is 5.10 Å². The van der Waals surface area contributed by atoms with Crippen molar-refractivity contribution >= 4 is 17.5 Å². The zero-order valence-corrected chi connectivity index (χ0v) is 16.8. The predicted octanol–water partition coefficient (Wildman–Crippen LogP) is 2.75. The highest BCUT2D eigenvalue weighted by molar-refractivity contribution is 6.03. The second-order valence-electron chi connectivity index (χ2n) is 7.77. The van der Waals surface area contributed by atoms with E-state index in [1.54, 1.807) is 24.3 Å². The SMILES string of the molecule is Cc1cc(C(=O)NCC(C)C)ccc1NC(=O)c1ccn(C2CCCNC2)n1. The van der Waals surface area contributed by atoms with E-state index in [-0.39, 0.29) is 11.8 Å². The molecule has 1 atom stereocenters. The molecule has 0 bridgehead atoms. The first-order valence-corrected chi connectivity index (χ1v) is 9.90. The van der Waals surface area contributed by atoms with Gasteiger partial charge in [0.2, 0.25) is 0 Å². The highest BCUT2D eigenvalue weighted by Crippen LogP contribution is 2.19. The number of carbonyl (C=O) groups is 2. The molecule has 150 valence electrons. The van der Waals surface area contributed by atoms with Crippen LogP contribution in [-0.4, -0.2) is 41.2 Å². The van der Waals surface area contributed by atoms with Crippen LogP contribution in [0.3, 0.4) is 0 Å². The Hall–Kier alpha value is -2.67. The number of aromatic nitrogens is 2. The van der Waals surface area contributed by atoms with E-state index in [4.69, 9.17) is 0 Å². The van der Waals surface area contributed by atoms with Gasteiger partial charge in [-0.25, -0.2) is 0 Å². The molecular weight excluding hydrogens is 354 g/mol. The molecule has 7 heteroatoms. The van der Waals surface area contributed by atoms with Crippen molar-refractivity contribution in [2.24, 2.45) is 5.92 Å². The first kappa shape index (κ1) is 20.1. The molecule has 2 aromatic rings. The second-order valence-corrected chi connectivity index (χ2v) is 7.77. The van der Waals surface area contributed by atoms with Crippen molar-refractivity contribution in [3.63, 3.8) is 0 Å². The summed E-state index contributed by atoms with van der Waals surface area (Å²) in [5, 5.41) is 13.6. The topological polar surface area (TPSA) is 88.0 Å². The molecule has 1 unspecified atom stereocenters. The van der Waals surface area contributed by atoms with Gasteiger partial charge in [0.15, 0.2) is 5.69 Å². The van der Waals surface area contributed by atoms with Crippen LogP contribution in [0.2, 0.25) is 0 Å². The van der Waals surface area contributed by atoms with Crippen molar-refractivity contribution < 1.29 is 9.59 Å². The lowest BCUT2D eigenvalue weighted by Gasteiger charge is -2.22. The summed E-state index contributed by atoms with van der Waals surface area (Å²) in [6.07, 6.45) is 4.04. The van der Waals surface area contributed by atoms with Gasteiger partial charge in [0.1, 0.15) is 0 Å². The average molecular weight is 383 g/mol. The molecule has 0 aliphatic carbocycles. The van der Waals surface area contributed by atoms with Gasteiger partial charge in [0.25, 0.3) is 11.8 Å². The number of aryl methyl sites for hydroxylation is 1. The zero-order valence-electron chi connectivity index (χ0n) is 16.8. The molecule has 28 heavy (non-hydrogen) atoms. The summed E-state index contributed by atoms with van der Waals surface area (Å²) in [6.45, 7) is 8.53. The van der Waals surface area contributed by atoms with Gasteiger partial charge in [-0.15, -0.1) is 0 Å². The molecule has 1 aromatic heterocycles. The van der Waals surface area contributed by atoms with E-state index in [0.717, 1.165) is 31.5 Å². The van der Waals surface area contributed by atoms with Crippen molar-refractivity contribution in [2.75, 3.05) is 25.0 Å². The molecule has 2 amide bonds. The summed E-state index contributed by atoms with van der Waals surface area (Å²) in [7, 11) is 0. The van der Waals surface area contributed by atoms with Gasteiger partial charge in [-0.05, 0) is 62.1 Å². The molecule has 7 nitrogen and oxygen atoms in total. The van der Waals surface area contributed by atoms with Crippen LogP contribution in [0.1, 0.15) is 59.1 Å². The Morgan fingerprint density at radius 1 is 1.29 bits per heavy atom. The zero-order chi connectivity index (χ0) is 20.1. The van der Waals surface area contributed by atoms with E-state index in [1.165, 1.54) is 0 Å². The summed E-state index contributed by atoms with van der Waals surface area (Å²) in [4.78, 5) is 24.8. The molecule has 1 saturated heterocycles. The Balaban J connectivity index is 1.64. The van der Waals surface area contributed by atoms with Crippen molar-refractivity contribution in [3.8, 4) is 0 Å². The summed E-state index contributed by atoms with van der Waals surface area (Å²) in [6, 6.07) is 7.31. The van der Waals surface area contributed by atoms with Crippen LogP contribution < -0.4 is 16.0 Å². The third kappa shape index (κ3) is 4.98. The van der Waals surface area contributed by atoms with Gasteiger partial charge in [0, 0.05) is 30.5 Å². The lowest BCUT2D eigenvalue weighted by molar-refractivity contribution is 0.0948. The lowest BCUT2D eigenvalue weighted by atomic mass is 10.1. The fourth-order valence-corrected chi connectivity index (χ4v) is 3.25. The molecule has 3 rings (SSSR count). The number of nitrogens with one attached hydrogen (secondary N) is 3. The van der Waals surface area contributed by atoms with E-state index in [0.29, 0.717) is 35.4 Å². The van der Waals surface area contributed by atoms with Crippen molar-refractivity contribution in [2.45, 2.75) is 39.7 Å². The molecule has 1 aromatic carbocycles. The molecule has 0 spiro atoms. The van der Waals surface area contributed by atoms with Gasteiger partial charge in [0.05, 0.1) is 6.04 Å². The molecule has 2 heterocycles. The van der Waals surface area contributed by atoms with E-state index >= 15 is 0 Å². The normalized spacial score (nSPS) is 16.8. The fraction of sp³-hybridized carbons (Fsp3) is 0.476. The molecular formula is C21H29N5O2. The largest absolute Gasteiger partial charge is 0.352 e. The number of anilines is 1. The minimum atomic E-state index is -0.248. The Bertz CT molecular complexity index is 837. The van der Waals surface area contributed by atoms with E-state index in [2.05, 4.69) is 34.9 Å². The van der Waals surface area contributed by atoms with Gasteiger partial charge >= 0.3 is 0 Å². The van der Waals surface area contributed by atoms with Crippen molar-refractivity contribution in [3.05, 3.63) is 47.3 Å². The van der Waals surface area contributed by atoms with Crippen molar-refractivity contribution in [1.82, 2.24) is 20.4 Å². The first-order chi connectivity index (χ1) is 13.4. The molecule has 1 aliphatic heterocycles. The summed E-state index contributed by atoms with van der Waals surface area (Å²) < 4.78 is 1.87. The quantitative estimate of drug-likeness (QED) is 0.716. The van der Waals surface area contributed by atoms with Crippen LogP contribution >= 0.6 is 0 Å². The number of rotatable bonds is 6. The van der Waals surface area contributed by atoms with E-state index < -0.39 is 0 Å². The Kier molecular flexibility index (Phi) is 6.46. The highest BCUT2D eigenvalue weighted by atomic mass is 16.2. The molecule has 3 N–H and O–H groups in total. The van der Waals surface area contributed by atoms with Gasteiger partial charge < -0.3 is 16.0 Å². The summed E-state index contributed by atoms with van der Waals surface area (Å²) in [5.41, 5.74) is 2.50. The first-order valence-electron chi connectivity index (χ1n) is 9.90. The Labute approximate surface area is 165 Å². The highest BCUT2D eigenvalue weighted by Gasteiger charge is 2.18. The van der Waals surface area contributed by atoms with Crippen LogP contribution in [0.4, 0.5) is 5.69 Å². The van der Waals surface area contributed by atoms with Crippen LogP contribution in [0.25, 0.3) is 0 Å². The van der Waals surface area contributed by atoms with Crippen LogP contribution in [0.15, 0.2) is 30.5 Å². The molecule has 1 aliphatic rings. The van der Waals surface area contributed by atoms with Crippen LogP contribution in [0.5, 0.6) is 0 Å². The number of piperidine rings is 1. The molecule has 1 fully saturated rings. The third-order valence-electron chi connectivity index (χ3n) is 4.89. The minimum absolute atomic E-state index is 0.102. The maximum absolute atomic E-state index is 12.6. The smallest absolute Gasteiger partial charge is 0.276 e. The van der Waals surface area contributed by atoms with Crippen LogP contribution in [-0.2, 0) is 0 Å². The fourth-order valence-electron chi connectivity index (χ4n) is 3.25. The number of nitrogens with zero attached hydrogens (tertiary/aromatic N) is 2. The summed E-state index contributed by atoms with van der Waals surface area (Å²) >= 11 is 0. The molecule has 0 radical (unpaired) electrons. The van der Waals surface area contributed by atoms with Gasteiger partial charge in [-0.3, -0.25) is 14.3 Å². The monoisotopic (exact) mass is 383 g/mol. The number of benzene rings is 1. The van der Waals surface area contributed by atoms with Crippen LogP contribution in [0, 0.1) is 12.8 Å². The maximum atomic E-state index is 12.6. The number of carbonyl (C=O) groups excluding carboxylic acids is 2. The number of hydrogen-bond acceptors (Lipinski definition) is 4. The molecule has 0 saturated carbocycles. The Morgan fingerprint density at radius 3 is 2.79 bits per heavy atom. The predicted molar refractivity (Wildman–Crippen MR) is 110 cm³/mol. The maximum Gasteiger partial charge on any atom is 0.276 e. The minimum Gasteiger partial charge on any atom is -0.352 e. The van der Waals surface area contributed by atoms with Gasteiger partial charge in [-0.1, -0.05) is 13.8 Å². The van der Waals surface area contributed by atoms with E-state index in [9.17, 15) is 9.59 Å². The van der Waals surface area contributed by atoms with Crippen molar-refractivity contribution in [1.29, 1.82) is 0 Å². The number of hydrogen-bond donors (Lipinski definition) is 3. The standard InChI is InChI=1S/C21H29N5O2/c1-14(2)12-23-20(27)16-6-7-18(15(3)11-16)24-21(28)19-8-10-26(25-19)17-5-4-9-22-13-17/h6-8,10-11,14,17,22H,4-5,9,12-13H2,1-3H3,(H,23,27)(H,24,28). The second kappa shape index (κ2) is 9.01.